The van der Waals surface area contributed by atoms with Crippen LogP contribution in [0.3, 0.4) is 0 Å². The number of ether oxygens (including phenoxy) is 2. The first kappa shape index (κ1) is 22.1. The van der Waals surface area contributed by atoms with Crippen LogP contribution in [0.15, 0.2) is 91.0 Å². The number of rotatable bonds is 4. The molecule has 0 spiro atoms. The van der Waals surface area contributed by atoms with Crippen molar-refractivity contribution in [2.75, 3.05) is 20.3 Å². The Hall–Kier alpha value is -2.91. The second-order valence-electron chi connectivity index (χ2n) is 5.37. The van der Waals surface area contributed by atoms with Gasteiger partial charge in [-0.2, -0.15) is 0 Å². The number of carbonyl (C=O) groups is 1. The molecule has 0 N–H and O–H groups in total. The highest BCUT2D eigenvalue weighted by Crippen LogP contribution is 2.17. The molecule has 0 atom stereocenters. The van der Waals surface area contributed by atoms with Crippen molar-refractivity contribution in [2.45, 2.75) is 13.8 Å². The molecule has 0 unspecified atom stereocenters. The smallest absolute Gasteiger partial charge is 0.337 e. The molecular weight excluding hydrogens is 336 g/mol. The minimum absolute atomic E-state index is 0.291. The molecule has 142 valence electrons. The van der Waals surface area contributed by atoms with E-state index in [4.69, 9.17) is 4.74 Å². The second kappa shape index (κ2) is 14.3. The van der Waals surface area contributed by atoms with Gasteiger partial charge in [0.25, 0.3) is 0 Å². The molecular formula is C24H28O3. The van der Waals surface area contributed by atoms with Gasteiger partial charge < -0.3 is 9.47 Å². The summed E-state index contributed by atoms with van der Waals surface area (Å²) in [5.41, 5.74) is 3.14. The molecule has 0 amide bonds. The summed E-state index contributed by atoms with van der Waals surface area (Å²) in [4.78, 5) is 10.8. The average Bonchev–Trinajstić information content (AvgIpc) is 2.76. The van der Waals surface area contributed by atoms with Crippen molar-refractivity contribution >= 4 is 5.97 Å². The number of hydrogen-bond acceptors (Lipinski definition) is 3. The minimum atomic E-state index is -0.291. The van der Waals surface area contributed by atoms with Crippen LogP contribution in [0, 0.1) is 0 Å². The Labute approximate surface area is 162 Å². The average molecular weight is 364 g/mol. The van der Waals surface area contributed by atoms with Crippen LogP contribution >= 0.6 is 0 Å². The first-order chi connectivity index (χ1) is 13.2. The molecule has 0 aromatic heterocycles. The third-order valence-electron chi connectivity index (χ3n) is 3.48. The van der Waals surface area contributed by atoms with E-state index in [0.29, 0.717) is 5.56 Å². The Morgan fingerprint density at radius 1 is 0.667 bits per heavy atom. The van der Waals surface area contributed by atoms with Gasteiger partial charge in [0.15, 0.2) is 0 Å². The van der Waals surface area contributed by atoms with Crippen molar-refractivity contribution in [1.29, 1.82) is 0 Å². The largest absolute Gasteiger partial charge is 0.465 e. The molecule has 0 bridgehead atoms. The lowest BCUT2D eigenvalue weighted by molar-refractivity contribution is 0.0600. The van der Waals surface area contributed by atoms with Gasteiger partial charge in [0.2, 0.25) is 0 Å². The third-order valence-corrected chi connectivity index (χ3v) is 3.48. The first-order valence-electron chi connectivity index (χ1n) is 9.04. The van der Waals surface area contributed by atoms with E-state index in [1.807, 2.05) is 32.0 Å². The molecule has 3 nitrogen and oxygen atoms in total. The van der Waals surface area contributed by atoms with Crippen LogP contribution < -0.4 is 0 Å². The second-order valence-corrected chi connectivity index (χ2v) is 5.37. The van der Waals surface area contributed by atoms with E-state index in [0.717, 1.165) is 13.2 Å². The van der Waals surface area contributed by atoms with Crippen LogP contribution in [0.1, 0.15) is 24.2 Å². The molecule has 0 saturated carbocycles. The summed E-state index contributed by atoms with van der Waals surface area (Å²) in [6, 6.07) is 29.7. The summed E-state index contributed by atoms with van der Waals surface area (Å²) in [6.07, 6.45) is 0. The predicted octanol–water partition coefficient (Wildman–Crippen LogP) is 5.87. The third kappa shape index (κ3) is 9.38. The van der Waals surface area contributed by atoms with Gasteiger partial charge >= 0.3 is 5.97 Å². The lowest BCUT2D eigenvalue weighted by Crippen LogP contribution is -1.99. The molecule has 3 aromatic rings. The zero-order chi connectivity index (χ0) is 19.7. The van der Waals surface area contributed by atoms with Gasteiger partial charge in [0.1, 0.15) is 0 Å². The van der Waals surface area contributed by atoms with Crippen molar-refractivity contribution in [3.63, 3.8) is 0 Å². The highest BCUT2D eigenvalue weighted by Gasteiger charge is 2.00. The van der Waals surface area contributed by atoms with Gasteiger partial charge in [0, 0.05) is 13.2 Å². The molecule has 0 heterocycles. The Kier molecular flexibility index (Phi) is 11.7. The van der Waals surface area contributed by atoms with E-state index < -0.39 is 0 Å². The zero-order valence-corrected chi connectivity index (χ0v) is 16.3. The zero-order valence-electron chi connectivity index (χ0n) is 16.3. The van der Waals surface area contributed by atoms with Gasteiger partial charge in [0.05, 0.1) is 12.7 Å². The molecule has 0 aliphatic carbocycles. The molecule has 0 radical (unpaired) electrons. The fraction of sp³-hybridized carbons (Fsp3) is 0.208. The lowest BCUT2D eigenvalue weighted by atomic mass is 10.1. The van der Waals surface area contributed by atoms with Crippen molar-refractivity contribution in [2.24, 2.45) is 0 Å². The summed E-state index contributed by atoms with van der Waals surface area (Å²) in [5.74, 6) is -0.291. The number of hydrogen-bond donors (Lipinski definition) is 0. The van der Waals surface area contributed by atoms with Gasteiger partial charge in [-0.05, 0) is 37.1 Å². The molecule has 0 saturated heterocycles. The Morgan fingerprint density at radius 3 is 1.33 bits per heavy atom. The summed E-state index contributed by atoms with van der Waals surface area (Å²) >= 11 is 0. The van der Waals surface area contributed by atoms with Crippen molar-refractivity contribution in [3.05, 3.63) is 96.6 Å². The SMILES string of the molecule is CCOCC.COC(=O)c1ccccc1.c1ccc(-c2ccccc2)cc1. The molecule has 0 aliphatic heterocycles. The van der Waals surface area contributed by atoms with E-state index in [1.54, 1.807) is 24.3 Å². The molecule has 27 heavy (non-hydrogen) atoms. The van der Waals surface area contributed by atoms with Crippen molar-refractivity contribution in [3.8, 4) is 11.1 Å². The Bertz CT molecular complexity index is 686. The first-order valence-corrected chi connectivity index (χ1v) is 9.04. The van der Waals surface area contributed by atoms with E-state index >= 15 is 0 Å². The summed E-state index contributed by atoms with van der Waals surface area (Å²) in [6.45, 7) is 5.67. The molecule has 3 heteroatoms. The summed E-state index contributed by atoms with van der Waals surface area (Å²) < 4.78 is 9.33. The normalized spacial score (nSPS) is 9.15. The van der Waals surface area contributed by atoms with Crippen molar-refractivity contribution in [1.82, 2.24) is 0 Å². The molecule has 0 aliphatic rings. The fourth-order valence-corrected chi connectivity index (χ4v) is 2.16. The van der Waals surface area contributed by atoms with Gasteiger partial charge in [-0.3, -0.25) is 0 Å². The molecule has 3 aromatic carbocycles. The van der Waals surface area contributed by atoms with E-state index in [9.17, 15) is 4.79 Å². The van der Waals surface area contributed by atoms with Crippen LogP contribution in [0.4, 0.5) is 0 Å². The fourth-order valence-electron chi connectivity index (χ4n) is 2.16. The standard InChI is InChI=1S/C12H10.C8H8O2.C4H10O/c1-3-7-11(8-4-1)12-9-5-2-6-10-12;1-10-8(9)7-5-3-2-4-6-7;1-3-5-4-2/h1-10H;2-6H,1H3;3-4H2,1-2H3. The number of methoxy groups -OCH3 is 1. The molecule has 0 fully saturated rings. The topological polar surface area (TPSA) is 35.5 Å². The Balaban J connectivity index is 0.000000221. The van der Waals surface area contributed by atoms with E-state index in [-0.39, 0.29) is 5.97 Å². The van der Waals surface area contributed by atoms with Crippen LogP contribution in [-0.4, -0.2) is 26.3 Å². The minimum Gasteiger partial charge on any atom is -0.465 e. The summed E-state index contributed by atoms with van der Waals surface area (Å²) in [5, 5.41) is 0. The van der Waals surface area contributed by atoms with Crippen LogP contribution in [-0.2, 0) is 9.47 Å². The van der Waals surface area contributed by atoms with Crippen LogP contribution in [0.2, 0.25) is 0 Å². The maximum absolute atomic E-state index is 10.8. The van der Waals surface area contributed by atoms with Crippen molar-refractivity contribution < 1.29 is 14.3 Å². The van der Waals surface area contributed by atoms with Gasteiger partial charge in [-0.1, -0.05) is 78.9 Å². The van der Waals surface area contributed by atoms with Crippen LogP contribution in [0.5, 0.6) is 0 Å². The lowest BCUT2D eigenvalue weighted by Gasteiger charge is -1.98. The van der Waals surface area contributed by atoms with Gasteiger partial charge in [-0.25, -0.2) is 4.79 Å². The number of esters is 1. The van der Waals surface area contributed by atoms with Gasteiger partial charge in [-0.15, -0.1) is 0 Å². The highest BCUT2D eigenvalue weighted by atomic mass is 16.5. The predicted molar refractivity (Wildman–Crippen MR) is 112 cm³/mol. The highest BCUT2D eigenvalue weighted by molar-refractivity contribution is 5.89. The maximum Gasteiger partial charge on any atom is 0.337 e. The number of benzene rings is 3. The quantitative estimate of drug-likeness (QED) is 0.543. The number of carbonyl (C=O) groups excluding carboxylic acids is 1. The van der Waals surface area contributed by atoms with E-state index in [1.165, 1.54) is 18.2 Å². The van der Waals surface area contributed by atoms with E-state index in [2.05, 4.69) is 53.3 Å². The monoisotopic (exact) mass is 364 g/mol. The maximum atomic E-state index is 10.8. The summed E-state index contributed by atoms with van der Waals surface area (Å²) in [7, 11) is 1.37. The Morgan fingerprint density at radius 2 is 1.04 bits per heavy atom. The van der Waals surface area contributed by atoms with Crippen LogP contribution in [0.25, 0.3) is 11.1 Å². The molecule has 3 rings (SSSR count).